The Labute approximate surface area is 152 Å². The predicted octanol–water partition coefficient (Wildman–Crippen LogP) is 0.353. The molecule has 1 saturated carbocycles. The van der Waals surface area contributed by atoms with Crippen molar-refractivity contribution in [1.82, 2.24) is 24.0 Å². The molecule has 0 bridgehead atoms. The van der Waals surface area contributed by atoms with Gasteiger partial charge in [0.15, 0.2) is 11.2 Å². The first-order valence-corrected chi connectivity index (χ1v) is 9.44. The molecule has 2 unspecified atom stereocenters. The second-order valence-electron chi connectivity index (χ2n) is 7.45. The number of aliphatic hydroxyl groups is 1. The summed E-state index contributed by atoms with van der Waals surface area (Å²) in [6.45, 7) is 3.17. The summed E-state index contributed by atoms with van der Waals surface area (Å²) in [5, 5.41) is 13.9. The number of rotatable bonds is 6. The van der Waals surface area contributed by atoms with Crippen LogP contribution in [-0.4, -0.2) is 42.5 Å². The summed E-state index contributed by atoms with van der Waals surface area (Å²) in [5.41, 5.74) is 0.108. The van der Waals surface area contributed by atoms with E-state index >= 15 is 0 Å². The molecule has 2 aromatic rings. The van der Waals surface area contributed by atoms with Gasteiger partial charge in [0.25, 0.3) is 5.56 Å². The van der Waals surface area contributed by atoms with E-state index in [-0.39, 0.29) is 23.4 Å². The van der Waals surface area contributed by atoms with E-state index in [1.807, 2.05) is 6.92 Å². The van der Waals surface area contributed by atoms with E-state index in [0.717, 1.165) is 17.4 Å². The summed E-state index contributed by atoms with van der Waals surface area (Å²) < 4.78 is 4.25. The zero-order valence-corrected chi connectivity index (χ0v) is 15.8. The molecule has 1 fully saturated rings. The molecule has 26 heavy (non-hydrogen) atoms. The maximum atomic E-state index is 12.4. The van der Waals surface area contributed by atoms with Gasteiger partial charge in [0.1, 0.15) is 0 Å². The highest BCUT2D eigenvalue weighted by Gasteiger charge is 2.26. The highest BCUT2D eigenvalue weighted by molar-refractivity contribution is 5.69. The Balaban J connectivity index is 1.67. The summed E-state index contributed by atoms with van der Waals surface area (Å²) >= 11 is 0. The lowest BCUT2D eigenvalue weighted by Crippen LogP contribution is -2.43. The fourth-order valence-corrected chi connectivity index (χ4v) is 3.98. The number of imidazole rings is 1. The van der Waals surface area contributed by atoms with E-state index in [1.165, 1.54) is 30.9 Å². The van der Waals surface area contributed by atoms with Gasteiger partial charge in [-0.1, -0.05) is 19.3 Å². The smallest absolute Gasteiger partial charge is 0.332 e. The van der Waals surface area contributed by atoms with Gasteiger partial charge in [0.05, 0.1) is 12.4 Å². The molecule has 2 aromatic heterocycles. The molecule has 2 N–H and O–H groups in total. The Morgan fingerprint density at radius 1 is 1.23 bits per heavy atom. The number of fused-ring (bicyclic) bond motifs is 1. The van der Waals surface area contributed by atoms with Crippen LogP contribution in [0.2, 0.25) is 0 Å². The third kappa shape index (κ3) is 3.48. The fourth-order valence-electron chi connectivity index (χ4n) is 3.98. The lowest BCUT2D eigenvalue weighted by atomic mass is 9.83. The Bertz CT molecular complexity index is 875. The van der Waals surface area contributed by atoms with Crippen LogP contribution in [0.1, 0.15) is 39.0 Å². The molecular formula is C18H29N5O3. The third-order valence-electron chi connectivity index (χ3n) is 5.68. The molecule has 1 aliphatic rings. The van der Waals surface area contributed by atoms with Gasteiger partial charge in [0.2, 0.25) is 0 Å². The van der Waals surface area contributed by atoms with E-state index in [4.69, 9.17) is 0 Å². The Morgan fingerprint density at radius 2 is 1.92 bits per heavy atom. The van der Waals surface area contributed by atoms with Crippen molar-refractivity contribution in [1.29, 1.82) is 0 Å². The number of nitrogens with zero attached hydrogens (tertiary/aromatic N) is 4. The van der Waals surface area contributed by atoms with Gasteiger partial charge in [-0.05, 0) is 25.7 Å². The second-order valence-corrected chi connectivity index (χ2v) is 7.45. The molecule has 2 atom stereocenters. The number of aryl methyl sites for hydroxylation is 1. The van der Waals surface area contributed by atoms with Gasteiger partial charge in [-0.25, -0.2) is 9.78 Å². The Morgan fingerprint density at radius 3 is 2.62 bits per heavy atom. The molecule has 8 nitrogen and oxygen atoms in total. The van der Waals surface area contributed by atoms with Gasteiger partial charge in [-0.15, -0.1) is 0 Å². The maximum Gasteiger partial charge on any atom is 0.332 e. The summed E-state index contributed by atoms with van der Waals surface area (Å²) in [6, 6.07) is 0.0000687. The lowest BCUT2D eigenvalue weighted by molar-refractivity contribution is 0.0554. The van der Waals surface area contributed by atoms with Crippen molar-refractivity contribution in [2.45, 2.75) is 57.7 Å². The molecule has 8 heteroatoms. The third-order valence-corrected chi connectivity index (χ3v) is 5.68. The van der Waals surface area contributed by atoms with Crippen LogP contribution in [0.4, 0.5) is 0 Å². The molecule has 144 valence electrons. The second kappa shape index (κ2) is 7.75. The number of aromatic nitrogens is 4. The Hall–Kier alpha value is -1.93. The van der Waals surface area contributed by atoms with Crippen LogP contribution in [0.5, 0.6) is 0 Å². The monoisotopic (exact) mass is 363 g/mol. The molecule has 0 saturated heterocycles. The number of nitrogens with one attached hydrogen (secondary N) is 1. The van der Waals surface area contributed by atoms with Gasteiger partial charge >= 0.3 is 5.69 Å². The number of aliphatic hydroxyl groups excluding tert-OH is 1. The molecule has 1 aliphatic carbocycles. The largest absolute Gasteiger partial charge is 0.391 e. The van der Waals surface area contributed by atoms with Crippen molar-refractivity contribution in [3.05, 3.63) is 27.2 Å². The predicted molar refractivity (Wildman–Crippen MR) is 100 cm³/mol. The molecule has 0 radical (unpaired) electrons. The summed E-state index contributed by atoms with van der Waals surface area (Å²) in [7, 11) is 3.09. The zero-order valence-electron chi connectivity index (χ0n) is 15.8. The van der Waals surface area contributed by atoms with E-state index in [2.05, 4.69) is 10.3 Å². The minimum Gasteiger partial charge on any atom is -0.391 e. The van der Waals surface area contributed by atoms with E-state index in [0.29, 0.717) is 30.2 Å². The van der Waals surface area contributed by atoms with Crippen molar-refractivity contribution in [3.63, 3.8) is 0 Å². The first kappa shape index (κ1) is 18.8. The first-order chi connectivity index (χ1) is 12.4. The van der Waals surface area contributed by atoms with Crippen LogP contribution >= 0.6 is 0 Å². The summed E-state index contributed by atoms with van der Waals surface area (Å²) in [6.07, 6.45) is 7.14. The maximum absolute atomic E-state index is 12.4. The lowest BCUT2D eigenvalue weighted by Gasteiger charge is -2.31. The zero-order chi connectivity index (χ0) is 18.8. The number of hydrogen-bond donors (Lipinski definition) is 2. The Kier molecular flexibility index (Phi) is 5.62. The van der Waals surface area contributed by atoms with Crippen LogP contribution < -0.4 is 16.6 Å². The van der Waals surface area contributed by atoms with E-state index in [9.17, 15) is 14.7 Å². The minimum atomic E-state index is -0.380. The van der Waals surface area contributed by atoms with Gasteiger partial charge < -0.3 is 15.0 Å². The van der Waals surface area contributed by atoms with Crippen LogP contribution in [0.3, 0.4) is 0 Å². The van der Waals surface area contributed by atoms with E-state index < -0.39 is 0 Å². The van der Waals surface area contributed by atoms with E-state index in [1.54, 1.807) is 17.9 Å². The molecule has 3 rings (SSSR count). The highest BCUT2D eigenvalue weighted by Crippen LogP contribution is 2.27. The van der Waals surface area contributed by atoms with Crippen molar-refractivity contribution in [2.24, 2.45) is 20.0 Å². The van der Waals surface area contributed by atoms with Crippen LogP contribution in [0.25, 0.3) is 11.2 Å². The summed E-state index contributed by atoms with van der Waals surface area (Å²) in [4.78, 5) is 28.6. The molecule has 0 spiro atoms. The highest BCUT2D eigenvalue weighted by atomic mass is 16.3. The van der Waals surface area contributed by atoms with Crippen molar-refractivity contribution in [2.75, 3.05) is 6.54 Å². The van der Waals surface area contributed by atoms with Crippen LogP contribution in [-0.2, 0) is 20.6 Å². The molecule has 0 aromatic carbocycles. The van der Waals surface area contributed by atoms with Crippen molar-refractivity contribution < 1.29 is 5.11 Å². The van der Waals surface area contributed by atoms with Crippen LogP contribution in [0.15, 0.2) is 15.9 Å². The van der Waals surface area contributed by atoms with Gasteiger partial charge in [0, 0.05) is 33.2 Å². The first-order valence-electron chi connectivity index (χ1n) is 9.44. The molecular weight excluding hydrogens is 334 g/mol. The topological polar surface area (TPSA) is 94.1 Å². The van der Waals surface area contributed by atoms with Gasteiger partial charge in [-0.2, -0.15) is 0 Å². The number of hydrogen-bond acceptors (Lipinski definition) is 5. The SMILES string of the molecule is CC(NCCn1cnc2c1c(=O)n(C)c(=O)n2C)C(O)C1CCCCC1. The quantitative estimate of drug-likeness (QED) is 0.773. The summed E-state index contributed by atoms with van der Waals surface area (Å²) in [5.74, 6) is 0.377. The van der Waals surface area contributed by atoms with Crippen molar-refractivity contribution >= 4 is 11.2 Å². The molecule has 2 heterocycles. The molecule has 0 aliphatic heterocycles. The average Bonchev–Trinajstić information content (AvgIpc) is 3.08. The average molecular weight is 363 g/mol. The minimum absolute atomic E-state index is 0.0000687. The van der Waals surface area contributed by atoms with Crippen molar-refractivity contribution in [3.8, 4) is 0 Å². The van der Waals surface area contributed by atoms with Gasteiger partial charge in [-0.3, -0.25) is 13.9 Å². The standard InChI is InChI=1S/C18H29N5O3/c1-12(15(24)13-7-5-4-6-8-13)19-9-10-23-11-20-16-14(23)17(25)22(3)18(26)21(16)2/h11-13,15,19,24H,4-10H2,1-3H3. The normalized spacial score (nSPS) is 18.3. The molecule has 0 amide bonds. The van der Waals surface area contributed by atoms with Crippen LogP contribution in [0, 0.1) is 5.92 Å². The fraction of sp³-hybridized carbons (Fsp3) is 0.722.